The van der Waals surface area contributed by atoms with Crippen LogP contribution in [0.5, 0.6) is 0 Å². The van der Waals surface area contributed by atoms with E-state index < -0.39 is 0 Å². The monoisotopic (exact) mass is 295 g/mol. The molecule has 0 radical (unpaired) electrons. The summed E-state index contributed by atoms with van der Waals surface area (Å²) in [6, 6.07) is 13.5. The number of carbonyl (C=O) groups is 1. The molecule has 112 valence electrons. The highest BCUT2D eigenvalue weighted by atomic mass is 16.1. The molecule has 0 atom stereocenters. The summed E-state index contributed by atoms with van der Waals surface area (Å²) < 4.78 is 0. The minimum absolute atomic E-state index is 0.231. The molecular formula is C16H17N5O. The number of aryl methyl sites for hydroxylation is 1. The third-order valence-corrected chi connectivity index (χ3v) is 3.40. The second-order valence-electron chi connectivity index (χ2n) is 5.08. The number of carbonyl (C=O) groups excluding carboxylic acids is 1. The van der Waals surface area contributed by atoms with Gasteiger partial charge in [-0.3, -0.25) is 10.1 Å². The molecule has 0 unspecified atom stereocenters. The van der Waals surface area contributed by atoms with Crippen LogP contribution in [-0.2, 0) is 6.54 Å². The molecule has 3 rings (SSSR count). The van der Waals surface area contributed by atoms with Crippen LogP contribution in [0.15, 0.2) is 42.5 Å². The van der Waals surface area contributed by atoms with Gasteiger partial charge in [0.05, 0.1) is 6.54 Å². The van der Waals surface area contributed by atoms with Crippen molar-refractivity contribution in [1.82, 2.24) is 20.2 Å². The summed E-state index contributed by atoms with van der Waals surface area (Å²) in [4.78, 5) is 13.8. The maximum atomic E-state index is 12.3. The normalized spacial score (nSPS) is 10.8. The van der Waals surface area contributed by atoms with Crippen molar-refractivity contribution in [3.63, 3.8) is 0 Å². The Morgan fingerprint density at radius 3 is 2.82 bits per heavy atom. The Bertz CT molecular complexity index is 796. The molecule has 0 fully saturated rings. The van der Waals surface area contributed by atoms with Gasteiger partial charge in [0.25, 0.3) is 11.9 Å². The predicted molar refractivity (Wildman–Crippen MR) is 84.6 cm³/mol. The van der Waals surface area contributed by atoms with Gasteiger partial charge in [0, 0.05) is 5.56 Å². The Kier molecular flexibility index (Phi) is 4.09. The maximum Gasteiger partial charge on any atom is 0.270 e. The van der Waals surface area contributed by atoms with Crippen LogP contribution in [0, 0.1) is 0 Å². The van der Waals surface area contributed by atoms with Crippen LogP contribution in [0.25, 0.3) is 10.8 Å². The van der Waals surface area contributed by atoms with Crippen LogP contribution in [0.2, 0.25) is 0 Å². The Morgan fingerprint density at radius 1 is 1.18 bits per heavy atom. The van der Waals surface area contributed by atoms with E-state index in [0.29, 0.717) is 12.1 Å². The van der Waals surface area contributed by atoms with Crippen molar-refractivity contribution in [2.45, 2.75) is 26.3 Å². The lowest BCUT2D eigenvalue weighted by Crippen LogP contribution is -2.13. The molecular weight excluding hydrogens is 278 g/mol. The minimum Gasteiger partial charge on any atom is -0.288 e. The second kappa shape index (κ2) is 6.34. The SMILES string of the molecule is CCCCn1nnc(NC(=O)c2ccc3ccccc3c2)n1. The van der Waals surface area contributed by atoms with Crippen molar-refractivity contribution in [2.75, 3.05) is 5.32 Å². The van der Waals surface area contributed by atoms with Gasteiger partial charge in [-0.1, -0.05) is 48.8 Å². The van der Waals surface area contributed by atoms with Gasteiger partial charge in [0.2, 0.25) is 0 Å². The first-order valence-corrected chi connectivity index (χ1v) is 7.34. The summed E-state index contributed by atoms with van der Waals surface area (Å²) in [5.41, 5.74) is 0.573. The molecule has 6 nitrogen and oxygen atoms in total. The third-order valence-electron chi connectivity index (χ3n) is 3.40. The molecule has 0 saturated carbocycles. The lowest BCUT2D eigenvalue weighted by Gasteiger charge is -2.03. The molecule has 6 heteroatoms. The molecule has 0 aliphatic rings. The van der Waals surface area contributed by atoms with Crippen molar-refractivity contribution >= 4 is 22.6 Å². The van der Waals surface area contributed by atoms with E-state index in [1.54, 1.807) is 6.07 Å². The Hall–Kier alpha value is -2.76. The number of tetrazole rings is 1. The topological polar surface area (TPSA) is 72.7 Å². The molecule has 1 amide bonds. The molecule has 0 saturated heterocycles. The smallest absolute Gasteiger partial charge is 0.270 e. The van der Waals surface area contributed by atoms with Crippen molar-refractivity contribution in [3.8, 4) is 0 Å². The number of amides is 1. The van der Waals surface area contributed by atoms with Gasteiger partial charge in [-0.25, -0.2) is 0 Å². The molecule has 0 aliphatic carbocycles. The molecule has 0 spiro atoms. The fraction of sp³-hybridized carbons (Fsp3) is 0.250. The highest BCUT2D eigenvalue weighted by Gasteiger charge is 2.10. The fourth-order valence-corrected chi connectivity index (χ4v) is 2.19. The van der Waals surface area contributed by atoms with Crippen LogP contribution in [0.4, 0.5) is 5.95 Å². The lowest BCUT2D eigenvalue weighted by atomic mass is 10.1. The van der Waals surface area contributed by atoms with Gasteiger partial charge in [-0.2, -0.15) is 4.80 Å². The third kappa shape index (κ3) is 3.11. The minimum atomic E-state index is -0.235. The molecule has 3 aromatic rings. The van der Waals surface area contributed by atoms with E-state index in [2.05, 4.69) is 27.7 Å². The molecule has 1 N–H and O–H groups in total. The number of hydrogen-bond donors (Lipinski definition) is 1. The van der Waals surface area contributed by atoms with Crippen LogP contribution < -0.4 is 5.32 Å². The van der Waals surface area contributed by atoms with Crippen molar-refractivity contribution in [2.24, 2.45) is 0 Å². The summed E-state index contributed by atoms with van der Waals surface area (Å²) in [5, 5.41) is 16.7. The van der Waals surface area contributed by atoms with E-state index >= 15 is 0 Å². The average molecular weight is 295 g/mol. The summed E-state index contributed by atoms with van der Waals surface area (Å²) in [5.74, 6) is -0.00458. The zero-order valence-electron chi connectivity index (χ0n) is 12.4. The molecule has 0 aliphatic heterocycles. The number of benzene rings is 2. The number of nitrogens with one attached hydrogen (secondary N) is 1. The Morgan fingerprint density at radius 2 is 2.00 bits per heavy atom. The van der Waals surface area contributed by atoms with Gasteiger partial charge in [-0.15, -0.1) is 5.10 Å². The van der Waals surface area contributed by atoms with Crippen LogP contribution in [0.1, 0.15) is 30.1 Å². The van der Waals surface area contributed by atoms with E-state index in [1.165, 1.54) is 4.80 Å². The number of unbranched alkanes of at least 4 members (excludes halogenated alkanes) is 1. The lowest BCUT2D eigenvalue weighted by molar-refractivity contribution is 0.102. The number of anilines is 1. The van der Waals surface area contributed by atoms with E-state index in [4.69, 9.17) is 0 Å². The molecule has 2 aromatic carbocycles. The van der Waals surface area contributed by atoms with Gasteiger partial charge in [0.15, 0.2) is 0 Å². The second-order valence-corrected chi connectivity index (χ2v) is 5.08. The molecule has 1 heterocycles. The summed E-state index contributed by atoms with van der Waals surface area (Å²) in [7, 11) is 0. The van der Waals surface area contributed by atoms with E-state index in [1.807, 2.05) is 36.4 Å². The van der Waals surface area contributed by atoms with Crippen molar-refractivity contribution in [3.05, 3.63) is 48.0 Å². The first-order valence-electron chi connectivity index (χ1n) is 7.34. The van der Waals surface area contributed by atoms with Gasteiger partial charge < -0.3 is 0 Å². The number of aromatic nitrogens is 4. The summed E-state index contributed by atoms with van der Waals surface area (Å²) in [6.45, 7) is 2.80. The highest BCUT2D eigenvalue weighted by Crippen LogP contribution is 2.16. The predicted octanol–water partition coefficient (Wildman–Crippen LogP) is 2.88. The molecule has 0 bridgehead atoms. The fourth-order valence-electron chi connectivity index (χ4n) is 2.19. The molecule has 22 heavy (non-hydrogen) atoms. The maximum absolute atomic E-state index is 12.3. The van der Waals surface area contributed by atoms with Crippen LogP contribution in [0.3, 0.4) is 0 Å². The largest absolute Gasteiger partial charge is 0.288 e. The first-order chi connectivity index (χ1) is 10.8. The Labute approximate surface area is 128 Å². The zero-order valence-corrected chi connectivity index (χ0v) is 12.4. The van der Waals surface area contributed by atoms with E-state index in [9.17, 15) is 4.79 Å². The standard InChI is InChI=1S/C16H17N5O/c1-2-3-10-21-19-16(18-20-21)17-15(22)14-9-8-12-6-4-5-7-13(12)11-14/h4-9,11H,2-3,10H2,1H3,(H,17,19,22). The van der Waals surface area contributed by atoms with Crippen molar-refractivity contribution < 1.29 is 4.79 Å². The van der Waals surface area contributed by atoms with Gasteiger partial charge >= 0.3 is 0 Å². The van der Waals surface area contributed by atoms with Crippen LogP contribution >= 0.6 is 0 Å². The number of hydrogen-bond acceptors (Lipinski definition) is 4. The number of nitrogens with zero attached hydrogens (tertiary/aromatic N) is 4. The van der Waals surface area contributed by atoms with Gasteiger partial charge in [-0.05, 0) is 34.5 Å². The summed E-state index contributed by atoms with van der Waals surface area (Å²) in [6.07, 6.45) is 2.04. The average Bonchev–Trinajstić information content (AvgIpc) is 2.99. The van der Waals surface area contributed by atoms with Crippen molar-refractivity contribution in [1.29, 1.82) is 0 Å². The number of fused-ring (bicyclic) bond motifs is 1. The van der Waals surface area contributed by atoms with Gasteiger partial charge in [0.1, 0.15) is 0 Å². The van der Waals surface area contributed by atoms with E-state index in [-0.39, 0.29) is 11.9 Å². The van der Waals surface area contributed by atoms with Crippen LogP contribution in [-0.4, -0.2) is 26.1 Å². The highest BCUT2D eigenvalue weighted by molar-refractivity contribution is 6.05. The zero-order chi connectivity index (χ0) is 15.4. The first kappa shape index (κ1) is 14.2. The Balaban J connectivity index is 1.73. The number of rotatable bonds is 5. The molecule has 1 aromatic heterocycles. The van der Waals surface area contributed by atoms with E-state index in [0.717, 1.165) is 23.6 Å². The quantitative estimate of drug-likeness (QED) is 0.785. The summed E-state index contributed by atoms with van der Waals surface area (Å²) >= 11 is 0.